The van der Waals surface area contributed by atoms with Crippen LogP contribution >= 0.6 is 0 Å². The Morgan fingerprint density at radius 2 is 2.14 bits per heavy atom. The molecule has 0 aliphatic rings. The maximum absolute atomic E-state index is 13.6. The van der Waals surface area contributed by atoms with E-state index in [-0.39, 0.29) is 11.1 Å². The third kappa shape index (κ3) is 5.99. The van der Waals surface area contributed by atoms with Gasteiger partial charge in [-0.05, 0) is 30.9 Å². The molecule has 5 nitrogen and oxygen atoms in total. The molecule has 2 amide bonds. The lowest BCUT2D eigenvalue weighted by atomic mass is 9.87. The van der Waals surface area contributed by atoms with Crippen molar-refractivity contribution in [3.05, 3.63) is 24.0 Å². The molecule has 0 heterocycles. The van der Waals surface area contributed by atoms with E-state index in [1.807, 2.05) is 13.8 Å². The standard InChI is InChI=1S/C15H23FN2O3/c1-10(19)8-15(2,3)9-17-14(20)18-13-7-11(21-4)5-6-12(13)16/h5-7,10,19H,8-9H2,1-4H3,(H2,17,18,20). The number of aliphatic hydroxyl groups is 1. The van der Waals surface area contributed by atoms with Crippen LogP contribution in [0.25, 0.3) is 0 Å². The topological polar surface area (TPSA) is 70.6 Å². The van der Waals surface area contributed by atoms with E-state index < -0.39 is 18.0 Å². The molecule has 0 fully saturated rings. The maximum atomic E-state index is 13.6. The van der Waals surface area contributed by atoms with Crippen LogP contribution in [0.4, 0.5) is 14.9 Å². The molecule has 0 aliphatic heterocycles. The van der Waals surface area contributed by atoms with E-state index in [2.05, 4.69) is 10.6 Å². The summed E-state index contributed by atoms with van der Waals surface area (Å²) in [5.41, 5.74) is -0.196. The van der Waals surface area contributed by atoms with Gasteiger partial charge in [-0.2, -0.15) is 0 Å². The number of hydrogen-bond acceptors (Lipinski definition) is 3. The quantitative estimate of drug-likeness (QED) is 0.756. The molecule has 0 spiro atoms. The number of ether oxygens (including phenoxy) is 1. The van der Waals surface area contributed by atoms with E-state index in [0.29, 0.717) is 18.7 Å². The Hall–Kier alpha value is -1.82. The molecule has 21 heavy (non-hydrogen) atoms. The highest BCUT2D eigenvalue weighted by Gasteiger charge is 2.21. The fourth-order valence-electron chi connectivity index (χ4n) is 2.09. The zero-order chi connectivity index (χ0) is 16.0. The lowest BCUT2D eigenvalue weighted by Crippen LogP contribution is -2.38. The lowest BCUT2D eigenvalue weighted by molar-refractivity contribution is 0.129. The Morgan fingerprint density at radius 1 is 1.48 bits per heavy atom. The number of urea groups is 1. The summed E-state index contributed by atoms with van der Waals surface area (Å²) in [6.07, 6.45) is 0.113. The third-order valence-electron chi connectivity index (χ3n) is 3.00. The number of hydrogen-bond donors (Lipinski definition) is 3. The molecule has 0 saturated carbocycles. The number of methoxy groups -OCH3 is 1. The van der Waals surface area contributed by atoms with Gasteiger partial charge in [0.2, 0.25) is 0 Å². The molecule has 118 valence electrons. The van der Waals surface area contributed by atoms with Crippen molar-refractivity contribution in [2.75, 3.05) is 19.0 Å². The largest absolute Gasteiger partial charge is 0.497 e. The summed E-state index contributed by atoms with van der Waals surface area (Å²) in [5, 5.41) is 14.5. The number of halogens is 1. The molecule has 6 heteroatoms. The van der Waals surface area contributed by atoms with Crippen molar-refractivity contribution in [3.63, 3.8) is 0 Å². The summed E-state index contributed by atoms with van der Waals surface area (Å²) >= 11 is 0. The number of carbonyl (C=O) groups is 1. The zero-order valence-electron chi connectivity index (χ0n) is 12.9. The molecule has 1 aromatic rings. The van der Waals surface area contributed by atoms with E-state index in [4.69, 9.17) is 4.74 Å². The monoisotopic (exact) mass is 298 g/mol. The average Bonchev–Trinajstić information content (AvgIpc) is 2.38. The summed E-state index contributed by atoms with van der Waals surface area (Å²) < 4.78 is 18.6. The van der Waals surface area contributed by atoms with Gasteiger partial charge in [0.1, 0.15) is 11.6 Å². The molecule has 0 aromatic heterocycles. The molecule has 1 atom stereocenters. The van der Waals surface area contributed by atoms with Crippen molar-refractivity contribution in [1.82, 2.24) is 5.32 Å². The van der Waals surface area contributed by atoms with Crippen LogP contribution in [0.3, 0.4) is 0 Å². The second-order valence-electron chi connectivity index (χ2n) is 5.87. The smallest absolute Gasteiger partial charge is 0.319 e. The van der Waals surface area contributed by atoms with Crippen LogP contribution < -0.4 is 15.4 Å². The highest BCUT2D eigenvalue weighted by Crippen LogP contribution is 2.22. The van der Waals surface area contributed by atoms with Crippen LogP contribution in [0.1, 0.15) is 27.2 Å². The number of benzene rings is 1. The Balaban J connectivity index is 2.58. The highest BCUT2D eigenvalue weighted by molar-refractivity contribution is 5.89. The van der Waals surface area contributed by atoms with Gasteiger partial charge in [0.25, 0.3) is 0 Å². The van der Waals surface area contributed by atoms with Crippen molar-refractivity contribution in [2.24, 2.45) is 5.41 Å². The van der Waals surface area contributed by atoms with Crippen LogP contribution in [0.15, 0.2) is 18.2 Å². The fraction of sp³-hybridized carbons (Fsp3) is 0.533. The number of nitrogens with one attached hydrogen (secondary N) is 2. The van der Waals surface area contributed by atoms with Crippen molar-refractivity contribution in [1.29, 1.82) is 0 Å². The van der Waals surface area contributed by atoms with Gasteiger partial charge >= 0.3 is 6.03 Å². The molecule has 0 aliphatic carbocycles. The van der Waals surface area contributed by atoms with Gasteiger partial charge in [-0.1, -0.05) is 13.8 Å². The number of aliphatic hydroxyl groups excluding tert-OH is 1. The minimum atomic E-state index is -0.533. The Kier molecular flexibility index (Phi) is 5.96. The lowest BCUT2D eigenvalue weighted by Gasteiger charge is -2.26. The van der Waals surface area contributed by atoms with Crippen molar-refractivity contribution >= 4 is 11.7 Å². The van der Waals surface area contributed by atoms with Gasteiger partial charge in [0, 0.05) is 12.6 Å². The summed E-state index contributed by atoms with van der Waals surface area (Å²) in [6, 6.07) is 3.62. The van der Waals surface area contributed by atoms with Crippen molar-refractivity contribution in [2.45, 2.75) is 33.3 Å². The van der Waals surface area contributed by atoms with E-state index in [9.17, 15) is 14.3 Å². The van der Waals surface area contributed by atoms with Crippen LogP contribution in [-0.4, -0.2) is 30.9 Å². The molecular formula is C15H23FN2O3. The van der Waals surface area contributed by atoms with E-state index in [0.717, 1.165) is 0 Å². The second-order valence-corrected chi connectivity index (χ2v) is 5.87. The predicted octanol–water partition coefficient (Wildman–Crippen LogP) is 2.75. The predicted molar refractivity (Wildman–Crippen MR) is 80.1 cm³/mol. The minimum Gasteiger partial charge on any atom is -0.497 e. The first-order valence-electron chi connectivity index (χ1n) is 6.80. The molecule has 0 saturated heterocycles. The Bertz CT molecular complexity index is 490. The first-order valence-corrected chi connectivity index (χ1v) is 6.80. The van der Waals surface area contributed by atoms with Gasteiger partial charge in [0.05, 0.1) is 18.9 Å². The normalized spacial score (nSPS) is 12.7. The van der Waals surface area contributed by atoms with Crippen LogP contribution in [0.5, 0.6) is 5.75 Å². The first-order chi connectivity index (χ1) is 9.73. The molecule has 1 rings (SSSR count). The summed E-state index contributed by atoms with van der Waals surface area (Å²) in [4.78, 5) is 11.8. The summed E-state index contributed by atoms with van der Waals surface area (Å²) in [5.74, 6) is -0.0738. The molecular weight excluding hydrogens is 275 g/mol. The van der Waals surface area contributed by atoms with Gasteiger partial charge < -0.3 is 20.5 Å². The molecule has 1 unspecified atom stereocenters. The maximum Gasteiger partial charge on any atom is 0.319 e. The van der Waals surface area contributed by atoms with Crippen LogP contribution in [0, 0.1) is 11.2 Å². The summed E-state index contributed by atoms with van der Waals surface area (Å²) in [7, 11) is 1.47. The van der Waals surface area contributed by atoms with Crippen LogP contribution in [-0.2, 0) is 0 Å². The summed E-state index contributed by atoms with van der Waals surface area (Å²) in [6.45, 7) is 5.95. The van der Waals surface area contributed by atoms with E-state index >= 15 is 0 Å². The number of amides is 2. The molecule has 0 bridgehead atoms. The molecule has 3 N–H and O–H groups in total. The van der Waals surface area contributed by atoms with Gasteiger partial charge in [-0.25, -0.2) is 9.18 Å². The van der Waals surface area contributed by atoms with E-state index in [1.54, 1.807) is 6.92 Å². The second kappa shape index (κ2) is 7.26. The average molecular weight is 298 g/mol. The Morgan fingerprint density at radius 3 is 2.71 bits per heavy atom. The van der Waals surface area contributed by atoms with E-state index in [1.165, 1.54) is 25.3 Å². The van der Waals surface area contributed by atoms with Gasteiger partial charge in [0.15, 0.2) is 0 Å². The van der Waals surface area contributed by atoms with Crippen molar-refractivity contribution in [3.8, 4) is 5.75 Å². The Labute approximate surface area is 124 Å². The van der Waals surface area contributed by atoms with Gasteiger partial charge in [-0.3, -0.25) is 0 Å². The van der Waals surface area contributed by atoms with Crippen molar-refractivity contribution < 1.29 is 19.0 Å². The van der Waals surface area contributed by atoms with Gasteiger partial charge in [-0.15, -0.1) is 0 Å². The number of carbonyl (C=O) groups excluding carboxylic acids is 1. The first kappa shape index (κ1) is 17.2. The minimum absolute atomic E-state index is 0.0557. The molecule has 0 radical (unpaired) electrons. The fourth-order valence-corrected chi connectivity index (χ4v) is 2.09. The number of rotatable bonds is 6. The third-order valence-corrected chi connectivity index (χ3v) is 3.00. The SMILES string of the molecule is COc1ccc(F)c(NC(=O)NCC(C)(C)CC(C)O)c1. The molecule has 1 aromatic carbocycles. The number of anilines is 1. The highest BCUT2D eigenvalue weighted by atomic mass is 19.1. The zero-order valence-corrected chi connectivity index (χ0v) is 12.9. The van der Waals surface area contributed by atoms with Crippen LogP contribution in [0.2, 0.25) is 0 Å².